The van der Waals surface area contributed by atoms with Crippen molar-refractivity contribution in [2.75, 3.05) is 6.54 Å². The number of hydrogen-bond donors (Lipinski definition) is 1. The third-order valence-corrected chi connectivity index (χ3v) is 2.11. The van der Waals surface area contributed by atoms with Gasteiger partial charge in [0.2, 0.25) is 6.41 Å². The summed E-state index contributed by atoms with van der Waals surface area (Å²) in [6.07, 6.45) is 7.70. The van der Waals surface area contributed by atoms with Gasteiger partial charge in [-0.1, -0.05) is 18.2 Å². The van der Waals surface area contributed by atoms with Crippen molar-refractivity contribution in [3.63, 3.8) is 0 Å². The van der Waals surface area contributed by atoms with E-state index in [1.54, 1.807) is 18.2 Å². The number of aliphatic imine (C=N–C) groups is 2. The minimum Gasteiger partial charge on any atom is -0.351 e. The second-order valence-corrected chi connectivity index (χ2v) is 3.12. The van der Waals surface area contributed by atoms with E-state index in [4.69, 9.17) is 0 Å². The van der Waals surface area contributed by atoms with E-state index >= 15 is 0 Å². The zero-order valence-electron chi connectivity index (χ0n) is 7.88. The average Bonchev–Trinajstić information content (AvgIpc) is 2.26. The monoisotopic (exact) mass is 203 g/mol. The predicted octanol–water partition coefficient (Wildman–Crippen LogP) is -0.146. The maximum atomic E-state index is 11.5. The van der Waals surface area contributed by atoms with Crippen molar-refractivity contribution in [2.24, 2.45) is 15.9 Å². The number of nitrogens with zero attached hydrogens (tertiary/aromatic N) is 2. The first-order valence-electron chi connectivity index (χ1n) is 4.53. The highest BCUT2D eigenvalue weighted by atomic mass is 16.1. The molecule has 76 valence electrons. The van der Waals surface area contributed by atoms with Gasteiger partial charge in [-0.3, -0.25) is 9.59 Å². The number of rotatable bonds is 3. The lowest BCUT2D eigenvalue weighted by atomic mass is 9.96. The van der Waals surface area contributed by atoms with E-state index in [0.717, 1.165) is 0 Å². The highest BCUT2D eigenvalue weighted by molar-refractivity contribution is 6.21. The third kappa shape index (κ3) is 1.90. The predicted molar refractivity (Wildman–Crippen MR) is 55.7 cm³/mol. The number of amides is 2. The third-order valence-electron chi connectivity index (χ3n) is 2.11. The van der Waals surface area contributed by atoms with Crippen LogP contribution in [0, 0.1) is 5.92 Å². The molecule has 0 aromatic carbocycles. The molecular formula is C10H9N3O2. The zero-order valence-corrected chi connectivity index (χ0v) is 7.88. The fraction of sp³-hybridized carbons (Fsp3) is 0.200. The second kappa shape index (κ2) is 4.00. The molecule has 0 aromatic heterocycles. The summed E-state index contributed by atoms with van der Waals surface area (Å²) in [6, 6.07) is 0. The molecule has 0 saturated carbocycles. The molecule has 2 amide bonds. The summed E-state index contributed by atoms with van der Waals surface area (Å²) in [4.78, 5) is 29.6. The molecule has 1 aliphatic heterocycles. The fourth-order valence-corrected chi connectivity index (χ4v) is 1.43. The molecule has 0 radical (unpaired) electrons. The molecule has 1 aliphatic carbocycles. The molecule has 1 N–H and O–H groups in total. The first-order valence-corrected chi connectivity index (χ1v) is 4.53. The largest absolute Gasteiger partial charge is 0.351 e. The highest BCUT2D eigenvalue weighted by Crippen LogP contribution is 2.15. The lowest BCUT2D eigenvalue weighted by Crippen LogP contribution is -2.31. The van der Waals surface area contributed by atoms with Gasteiger partial charge < -0.3 is 5.32 Å². The number of amidine groups is 1. The van der Waals surface area contributed by atoms with E-state index in [1.165, 1.54) is 0 Å². The van der Waals surface area contributed by atoms with Crippen molar-refractivity contribution in [2.45, 2.75) is 0 Å². The van der Waals surface area contributed by atoms with Crippen LogP contribution in [0.25, 0.3) is 0 Å². The quantitative estimate of drug-likeness (QED) is 0.648. The Hall–Kier alpha value is -2.04. The van der Waals surface area contributed by atoms with Crippen LogP contribution in [0.15, 0.2) is 34.3 Å². The summed E-state index contributed by atoms with van der Waals surface area (Å²) in [5.74, 6) is -0.239. The van der Waals surface area contributed by atoms with Gasteiger partial charge in [-0.25, -0.2) is 4.99 Å². The Kier molecular flexibility index (Phi) is 2.53. The molecule has 0 bridgehead atoms. The normalized spacial score (nSPS) is 22.9. The zero-order chi connectivity index (χ0) is 10.7. The van der Waals surface area contributed by atoms with Gasteiger partial charge in [-0.2, -0.15) is 4.99 Å². The van der Waals surface area contributed by atoms with Gasteiger partial charge in [0.15, 0.2) is 5.84 Å². The van der Waals surface area contributed by atoms with E-state index in [-0.39, 0.29) is 18.4 Å². The van der Waals surface area contributed by atoms with Gasteiger partial charge in [-0.15, -0.1) is 0 Å². The molecule has 1 unspecified atom stereocenters. The number of carbonyl (C=O) groups excluding carboxylic acids is 2. The number of nitrogens with one attached hydrogen (secondary N) is 1. The van der Waals surface area contributed by atoms with Gasteiger partial charge in [0.1, 0.15) is 5.92 Å². The van der Waals surface area contributed by atoms with Crippen molar-refractivity contribution in [3.05, 3.63) is 24.3 Å². The molecule has 5 nitrogen and oxygen atoms in total. The first kappa shape index (κ1) is 9.51. The van der Waals surface area contributed by atoms with Crippen LogP contribution in [0.5, 0.6) is 0 Å². The molecule has 0 saturated heterocycles. The van der Waals surface area contributed by atoms with Gasteiger partial charge >= 0.3 is 0 Å². The average molecular weight is 203 g/mol. The van der Waals surface area contributed by atoms with Crippen LogP contribution < -0.4 is 5.32 Å². The molecule has 5 heteroatoms. The maximum absolute atomic E-state index is 11.5. The summed E-state index contributed by atoms with van der Waals surface area (Å²) in [6.45, 7) is 0.184. The van der Waals surface area contributed by atoms with Crippen LogP contribution in [-0.4, -0.2) is 30.4 Å². The second-order valence-electron chi connectivity index (χ2n) is 3.12. The van der Waals surface area contributed by atoms with E-state index < -0.39 is 0 Å². The molecule has 1 atom stereocenters. The number of carbonyl (C=O) groups is 2. The van der Waals surface area contributed by atoms with Gasteiger partial charge in [0.05, 0.1) is 12.3 Å². The van der Waals surface area contributed by atoms with Crippen LogP contribution in [0.1, 0.15) is 0 Å². The molecule has 0 fully saturated rings. The summed E-state index contributed by atoms with van der Waals surface area (Å²) in [7, 11) is 0. The Morgan fingerprint density at radius 1 is 1.40 bits per heavy atom. The van der Waals surface area contributed by atoms with E-state index in [0.29, 0.717) is 18.0 Å². The smallest absolute Gasteiger partial charge is 0.260 e. The Labute approximate surface area is 86.3 Å². The fourth-order valence-electron chi connectivity index (χ4n) is 1.43. The SMILES string of the molecule is O=CNCC1=NC(=O)C2C=CC=CC2=N1. The van der Waals surface area contributed by atoms with Crippen molar-refractivity contribution >= 4 is 23.9 Å². The lowest BCUT2D eigenvalue weighted by Gasteiger charge is -2.17. The highest BCUT2D eigenvalue weighted by Gasteiger charge is 2.25. The van der Waals surface area contributed by atoms with E-state index in [1.807, 2.05) is 6.08 Å². The number of fused-ring (bicyclic) bond motifs is 1. The molecular weight excluding hydrogens is 194 g/mol. The van der Waals surface area contributed by atoms with Gasteiger partial charge in [0.25, 0.3) is 5.91 Å². The van der Waals surface area contributed by atoms with Gasteiger partial charge in [-0.05, 0) is 6.08 Å². The van der Waals surface area contributed by atoms with Crippen molar-refractivity contribution in [1.29, 1.82) is 0 Å². The van der Waals surface area contributed by atoms with Crippen molar-refractivity contribution < 1.29 is 9.59 Å². The molecule has 1 heterocycles. The minimum atomic E-state index is -0.352. The molecule has 2 aliphatic rings. The van der Waals surface area contributed by atoms with Gasteiger partial charge in [0, 0.05) is 0 Å². The first-order chi connectivity index (χ1) is 7.31. The molecule has 15 heavy (non-hydrogen) atoms. The summed E-state index contributed by atoms with van der Waals surface area (Å²) < 4.78 is 0. The Bertz CT molecular complexity index is 418. The van der Waals surface area contributed by atoms with E-state index in [9.17, 15) is 9.59 Å². The summed E-state index contributed by atoms with van der Waals surface area (Å²) in [5.41, 5.74) is 0.681. The van der Waals surface area contributed by atoms with Crippen LogP contribution in [0.4, 0.5) is 0 Å². The van der Waals surface area contributed by atoms with Crippen LogP contribution in [0.2, 0.25) is 0 Å². The van der Waals surface area contributed by atoms with Crippen LogP contribution >= 0.6 is 0 Å². The standard InChI is InChI=1S/C10H9N3O2/c14-6-11-5-9-12-8-4-2-1-3-7(8)10(15)13-9/h1-4,6-7H,5H2,(H,11,14). The minimum absolute atomic E-state index is 0.184. The summed E-state index contributed by atoms with van der Waals surface area (Å²) in [5, 5.41) is 2.42. The lowest BCUT2D eigenvalue weighted by molar-refractivity contribution is -0.118. The maximum Gasteiger partial charge on any atom is 0.260 e. The Balaban J connectivity index is 2.21. The van der Waals surface area contributed by atoms with Crippen molar-refractivity contribution in [1.82, 2.24) is 5.32 Å². The number of allylic oxidation sites excluding steroid dienone is 3. The van der Waals surface area contributed by atoms with Crippen molar-refractivity contribution in [3.8, 4) is 0 Å². The topological polar surface area (TPSA) is 70.9 Å². The van der Waals surface area contributed by atoms with Crippen LogP contribution in [0.3, 0.4) is 0 Å². The Morgan fingerprint density at radius 2 is 2.27 bits per heavy atom. The molecule has 0 aromatic rings. The molecule has 0 spiro atoms. The Morgan fingerprint density at radius 3 is 3.07 bits per heavy atom. The summed E-state index contributed by atoms with van der Waals surface area (Å²) >= 11 is 0. The van der Waals surface area contributed by atoms with E-state index in [2.05, 4.69) is 15.3 Å². The van der Waals surface area contributed by atoms with Crippen LogP contribution in [-0.2, 0) is 9.59 Å². The molecule has 2 rings (SSSR count). The number of hydrogen-bond acceptors (Lipinski definition) is 3.